The van der Waals surface area contributed by atoms with Gasteiger partial charge in [0.15, 0.2) is 0 Å². The first-order valence-electron chi connectivity index (χ1n) is 9.84. The zero-order valence-corrected chi connectivity index (χ0v) is 16.2. The molecule has 1 fully saturated rings. The summed E-state index contributed by atoms with van der Waals surface area (Å²) in [4.78, 5) is 34.9. The van der Waals surface area contributed by atoms with E-state index in [9.17, 15) is 9.59 Å². The van der Waals surface area contributed by atoms with E-state index in [0.717, 1.165) is 49.6 Å². The van der Waals surface area contributed by atoms with Crippen LogP contribution in [-0.2, 0) is 16.1 Å². The molecule has 0 radical (unpaired) electrons. The lowest BCUT2D eigenvalue weighted by atomic mass is 9.96. The maximum absolute atomic E-state index is 12.5. The molecule has 148 valence electrons. The first kappa shape index (κ1) is 19.8. The Hall–Kier alpha value is -2.96. The van der Waals surface area contributed by atoms with Crippen molar-refractivity contribution in [3.63, 3.8) is 0 Å². The number of benzene rings is 1. The van der Waals surface area contributed by atoms with Crippen LogP contribution in [0.25, 0.3) is 0 Å². The van der Waals surface area contributed by atoms with Crippen molar-refractivity contribution in [2.45, 2.75) is 39.2 Å². The van der Waals surface area contributed by atoms with Crippen LogP contribution in [0.15, 0.2) is 42.7 Å². The van der Waals surface area contributed by atoms with Gasteiger partial charge >= 0.3 is 0 Å². The van der Waals surface area contributed by atoms with Gasteiger partial charge in [-0.3, -0.25) is 9.59 Å². The summed E-state index contributed by atoms with van der Waals surface area (Å²) < 4.78 is 0. The van der Waals surface area contributed by atoms with E-state index in [-0.39, 0.29) is 17.7 Å². The van der Waals surface area contributed by atoms with E-state index in [2.05, 4.69) is 25.5 Å². The third-order valence-electron chi connectivity index (χ3n) is 4.86. The van der Waals surface area contributed by atoms with E-state index in [1.54, 1.807) is 18.5 Å². The van der Waals surface area contributed by atoms with Crippen molar-refractivity contribution >= 4 is 23.5 Å². The van der Waals surface area contributed by atoms with Crippen LogP contribution >= 0.6 is 0 Å². The molecule has 1 aromatic carbocycles. The summed E-state index contributed by atoms with van der Waals surface area (Å²) in [6.07, 6.45) is 6.37. The van der Waals surface area contributed by atoms with Crippen LogP contribution in [0.2, 0.25) is 0 Å². The van der Waals surface area contributed by atoms with Gasteiger partial charge in [0.05, 0.1) is 0 Å². The van der Waals surface area contributed by atoms with Gasteiger partial charge in [0.1, 0.15) is 0 Å². The summed E-state index contributed by atoms with van der Waals surface area (Å²) in [6, 6.07) is 9.41. The van der Waals surface area contributed by atoms with Gasteiger partial charge in [-0.05, 0) is 43.0 Å². The highest BCUT2D eigenvalue weighted by molar-refractivity contribution is 5.90. The third kappa shape index (κ3) is 5.52. The normalized spacial score (nSPS) is 14.5. The molecule has 1 aliphatic heterocycles. The minimum Gasteiger partial charge on any atom is -0.352 e. The molecule has 2 aromatic rings. The molecule has 0 spiro atoms. The van der Waals surface area contributed by atoms with Crippen LogP contribution in [0.5, 0.6) is 0 Å². The molecule has 2 N–H and O–H groups in total. The van der Waals surface area contributed by atoms with Crippen molar-refractivity contribution < 1.29 is 9.59 Å². The Morgan fingerprint density at radius 1 is 1.14 bits per heavy atom. The molecule has 0 saturated carbocycles. The molecule has 2 amide bonds. The molecule has 1 aromatic heterocycles. The molecule has 7 heteroatoms. The fraction of sp³-hybridized carbons (Fsp3) is 0.429. The highest BCUT2D eigenvalue weighted by Crippen LogP contribution is 2.20. The summed E-state index contributed by atoms with van der Waals surface area (Å²) in [7, 11) is 0. The predicted molar refractivity (Wildman–Crippen MR) is 109 cm³/mol. The number of rotatable bonds is 7. The average Bonchev–Trinajstić information content (AvgIpc) is 2.73. The summed E-state index contributed by atoms with van der Waals surface area (Å²) in [6.45, 7) is 3.99. The minimum absolute atomic E-state index is 0.00685. The Balaban J connectivity index is 1.46. The summed E-state index contributed by atoms with van der Waals surface area (Å²) >= 11 is 0. The van der Waals surface area contributed by atoms with Crippen molar-refractivity contribution in [2.75, 3.05) is 23.3 Å². The van der Waals surface area contributed by atoms with Gasteiger partial charge in [0.2, 0.25) is 17.8 Å². The van der Waals surface area contributed by atoms with Gasteiger partial charge in [-0.15, -0.1) is 0 Å². The largest absolute Gasteiger partial charge is 0.352 e. The number of piperidine rings is 1. The number of aromatic nitrogens is 2. The van der Waals surface area contributed by atoms with Crippen molar-refractivity contribution in [3.8, 4) is 0 Å². The molecule has 1 aliphatic rings. The maximum Gasteiger partial charge on any atom is 0.225 e. The molecular weight excluding hydrogens is 354 g/mol. The van der Waals surface area contributed by atoms with E-state index >= 15 is 0 Å². The number of carbonyl (C=O) groups excluding carboxylic acids is 2. The molecule has 28 heavy (non-hydrogen) atoms. The van der Waals surface area contributed by atoms with Crippen molar-refractivity contribution in [1.82, 2.24) is 15.3 Å². The number of amides is 2. The Kier molecular flexibility index (Phi) is 6.94. The highest BCUT2D eigenvalue weighted by atomic mass is 16.2. The van der Waals surface area contributed by atoms with Crippen molar-refractivity contribution in [1.29, 1.82) is 0 Å². The Labute approximate surface area is 165 Å². The summed E-state index contributed by atoms with van der Waals surface area (Å²) in [5.41, 5.74) is 1.74. The van der Waals surface area contributed by atoms with Gasteiger partial charge in [-0.1, -0.05) is 19.1 Å². The van der Waals surface area contributed by atoms with Gasteiger partial charge in [0.25, 0.3) is 0 Å². The highest BCUT2D eigenvalue weighted by Gasteiger charge is 2.25. The zero-order chi connectivity index (χ0) is 19.8. The molecule has 1 saturated heterocycles. The molecule has 0 bridgehead atoms. The quantitative estimate of drug-likeness (QED) is 0.770. The second-order valence-electron chi connectivity index (χ2n) is 7.03. The van der Waals surface area contributed by atoms with Crippen LogP contribution in [0.1, 0.15) is 38.2 Å². The van der Waals surface area contributed by atoms with E-state index < -0.39 is 0 Å². The standard InChI is InChI=1S/C21H27N5O2/c1-2-5-19(27)25-18-7-3-6-16(14-18)15-24-20(28)17-8-12-26(13-9-17)21-22-10-4-11-23-21/h3-4,6-7,10-11,14,17H,2,5,8-9,12-13,15H2,1H3,(H,24,28)(H,25,27). The van der Waals surface area contributed by atoms with Crippen molar-refractivity contribution in [3.05, 3.63) is 48.3 Å². The van der Waals surface area contributed by atoms with Crippen molar-refractivity contribution in [2.24, 2.45) is 5.92 Å². The molecular formula is C21H27N5O2. The number of nitrogens with zero attached hydrogens (tertiary/aromatic N) is 3. The van der Waals surface area contributed by atoms with E-state index in [1.165, 1.54) is 0 Å². The zero-order valence-electron chi connectivity index (χ0n) is 16.2. The first-order chi connectivity index (χ1) is 13.7. The lowest BCUT2D eigenvalue weighted by Gasteiger charge is -2.31. The lowest BCUT2D eigenvalue weighted by molar-refractivity contribution is -0.125. The monoisotopic (exact) mass is 381 g/mol. The van der Waals surface area contributed by atoms with Crippen LogP contribution in [0, 0.1) is 5.92 Å². The van der Waals surface area contributed by atoms with Crippen LogP contribution in [0.4, 0.5) is 11.6 Å². The third-order valence-corrected chi connectivity index (χ3v) is 4.86. The van der Waals surface area contributed by atoms with Crippen LogP contribution in [-0.4, -0.2) is 34.9 Å². The molecule has 2 heterocycles. The first-order valence-corrected chi connectivity index (χ1v) is 9.84. The van der Waals surface area contributed by atoms with Gasteiger partial charge in [0, 0.05) is 50.1 Å². The SMILES string of the molecule is CCCC(=O)Nc1cccc(CNC(=O)C2CCN(c3ncccn3)CC2)c1. The van der Waals surface area contributed by atoms with Crippen LogP contribution in [0.3, 0.4) is 0 Å². The van der Waals surface area contributed by atoms with E-state index in [1.807, 2.05) is 31.2 Å². The Morgan fingerprint density at radius 2 is 1.89 bits per heavy atom. The Morgan fingerprint density at radius 3 is 2.61 bits per heavy atom. The number of anilines is 2. The smallest absolute Gasteiger partial charge is 0.225 e. The number of nitrogens with one attached hydrogen (secondary N) is 2. The van der Waals surface area contributed by atoms with Crippen LogP contribution < -0.4 is 15.5 Å². The number of hydrogen-bond donors (Lipinski definition) is 2. The summed E-state index contributed by atoms with van der Waals surface area (Å²) in [5.74, 6) is 0.822. The lowest BCUT2D eigenvalue weighted by Crippen LogP contribution is -2.41. The predicted octanol–water partition coefficient (Wildman–Crippen LogP) is 2.75. The summed E-state index contributed by atoms with van der Waals surface area (Å²) in [5, 5.41) is 5.91. The van der Waals surface area contributed by atoms with Gasteiger partial charge < -0.3 is 15.5 Å². The minimum atomic E-state index is 0.00685. The fourth-order valence-electron chi connectivity index (χ4n) is 3.34. The van der Waals surface area contributed by atoms with Gasteiger partial charge in [-0.25, -0.2) is 9.97 Å². The fourth-order valence-corrected chi connectivity index (χ4v) is 3.34. The molecule has 0 atom stereocenters. The van der Waals surface area contributed by atoms with E-state index in [0.29, 0.717) is 13.0 Å². The van der Waals surface area contributed by atoms with Gasteiger partial charge in [-0.2, -0.15) is 0 Å². The molecule has 0 aliphatic carbocycles. The second-order valence-corrected chi connectivity index (χ2v) is 7.03. The molecule has 0 unspecified atom stereocenters. The average molecular weight is 381 g/mol. The van der Waals surface area contributed by atoms with E-state index in [4.69, 9.17) is 0 Å². The second kappa shape index (κ2) is 9.82. The maximum atomic E-state index is 12.5. The molecule has 7 nitrogen and oxygen atoms in total. The number of hydrogen-bond acceptors (Lipinski definition) is 5. The molecule has 3 rings (SSSR count). The number of carbonyl (C=O) groups is 2. The Bertz CT molecular complexity index is 788. The topological polar surface area (TPSA) is 87.2 Å².